The molecule has 3 aromatic carbocycles. The van der Waals surface area contributed by atoms with E-state index in [1.807, 2.05) is 77.1 Å². The van der Waals surface area contributed by atoms with Crippen LogP contribution in [0.25, 0.3) is 10.9 Å². The van der Waals surface area contributed by atoms with Crippen molar-refractivity contribution in [3.63, 3.8) is 0 Å². The second-order valence-electron chi connectivity index (χ2n) is 16.3. The Morgan fingerprint density at radius 3 is 1.98 bits per heavy atom. The van der Waals surface area contributed by atoms with Gasteiger partial charge in [0, 0.05) is 61.6 Å². The standard InChI is InChI=1S/C44H56BN7O7/c1-30-29-51(39(54)31-16-11-10-12-17-31)26-27-52(30)40(55)38(53)35-28-48-37-34(35)18-15-19-36(37)50-42(57)47-25-14-9-7-6-8-13-24-46-41(56)49-33-22-20-32(21-23-33)45-58-43(2,3)44(4,5)59-45/h10-12,15-23,28,30,48H,6-9,13-14,24-27,29H2,1-5H3,(H2,46,49,56)(H2,47,50,57). The molecule has 0 aliphatic carbocycles. The third-order valence-corrected chi connectivity index (χ3v) is 11.5. The summed E-state index contributed by atoms with van der Waals surface area (Å²) >= 11 is 0. The Morgan fingerprint density at radius 2 is 1.36 bits per heavy atom. The Hall–Kier alpha value is -5.67. The van der Waals surface area contributed by atoms with Gasteiger partial charge in [0.05, 0.1) is 28.0 Å². The van der Waals surface area contributed by atoms with E-state index >= 15 is 0 Å². The van der Waals surface area contributed by atoms with E-state index in [4.69, 9.17) is 9.31 Å². The summed E-state index contributed by atoms with van der Waals surface area (Å²) in [7, 11) is -0.448. The van der Waals surface area contributed by atoms with E-state index in [1.54, 1.807) is 35.2 Å². The normalized spacial score (nSPS) is 17.1. The van der Waals surface area contributed by atoms with Crippen molar-refractivity contribution in [1.82, 2.24) is 25.4 Å². The van der Waals surface area contributed by atoms with Gasteiger partial charge in [0.1, 0.15) is 0 Å². The monoisotopic (exact) mass is 805 g/mol. The topological polar surface area (TPSA) is 174 Å². The molecular weight excluding hydrogens is 749 g/mol. The molecule has 2 aliphatic rings. The Kier molecular flexibility index (Phi) is 13.8. The number of fused-ring (bicyclic) bond motifs is 1. The number of hydrogen-bond acceptors (Lipinski definition) is 7. The van der Waals surface area contributed by atoms with Crippen molar-refractivity contribution in [3.8, 4) is 0 Å². The number of nitrogens with one attached hydrogen (secondary N) is 5. The van der Waals surface area contributed by atoms with Crippen LogP contribution >= 0.6 is 0 Å². The van der Waals surface area contributed by atoms with Gasteiger partial charge in [0.15, 0.2) is 0 Å². The van der Waals surface area contributed by atoms with E-state index < -0.39 is 30.0 Å². The van der Waals surface area contributed by atoms with E-state index in [1.165, 1.54) is 11.1 Å². The highest BCUT2D eigenvalue weighted by Crippen LogP contribution is 2.36. The fourth-order valence-corrected chi connectivity index (χ4v) is 7.30. The zero-order chi connectivity index (χ0) is 42.2. The Labute approximate surface area is 346 Å². The van der Waals surface area contributed by atoms with Crippen LogP contribution in [0.3, 0.4) is 0 Å². The lowest BCUT2D eigenvalue weighted by molar-refractivity contribution is -0.130. The predicted octanol–water partition coefficient (Wildman–Crippen LogP) is 6.31. The van der Waals surface area contributed by atoms with Crippen LogP contribution in [-0.4, -0.2) is 102 Å². The number of piperazine rings is 1. The van der Waals surface area contributed by atoms with Crippen LogP contribution in [0.4, 0.5) is 21.0 Å². The minimum atomic E-state index is -0.647. The number of aromatic amines is 1. The number of unbranched alkanes of at least 4 members (excludes halogenated alkanes) is 5. The number of aromatic nitrogens is 1. The van der Waals surface area contributed by atoms with E-state index in [-0.39, 0.29) is 36.1 Å². The fourth-order valence-electron chi connectivity index (χ4n) is 7.30. The summed E-state index contributed by atoms with van der Waals surface area (Å²) < 4.78 is 12.2. The second kappa shape index (κ2) is 18.9. The lowest BCUT2D eigenvalue weighted by atomic mass is 9.79. The summed E-state index contributed by atoms with van der Waals surface area (Å²) in [6.45, 7) is 11.9. The van der Waals surface area contributed by atoms with Crippen molar-refractivity contribution in [3.05, 3.63) is 90.1 Å². The van der Waals surface area contributed by atoms with Gasteiger partial charge in [0.2, 0.25) is 0 Å². The number of H-pyrrole nitrogens is 1. The average Bonchev–Trinajstić information content (AvgIpc) is 3.75. The third kappa shape index (κ3) is 10.5. The third-order valence-electron chi connectivity index (χ3n) is 11.5. The second-order valence-corrected chi connectivity index (χ2v) is 16.3. The summed E-state index contributed by atoms with van der Waals surface area (Å²) in [5, 5.41) is 12.1. The number of Topliss-reactive ketones (excluding diaryl/α,β-unsaturated/α-hetero) is 1. The first kappa shape index (κ1) is 42.9. The molecule has 0 spiro atoms. The maximum atomic E-state index is 13.5. The number of carbonyl (C=O) groups is 5. The number of benzene rings is 3. The summed E-state index contributed by atoms with van der Waals surface area (Å²) in [5.74, 6) is -1.37. The molecule has 312 valence electrons. The first-order valence-electron chi connectivity index (χ1n) is 20.6. The molecule has 4 aromatic rings. The SMILES string of the molecule is CC1CN(C(=O)c2ccccc2)CCN1C(=O)C(=O)c1c[nH]c2c(NC(=O)NCCCCCCCCNC(=O)Nc3ccc(B4OC(C)(C)C(C)(C)O4)cc3)cccc12. The molecule has 0 bridgehead atoms. The van der Waals surface area contributed by atoms with Crippen molar-refractivity contribution in [1.29, 1.82) is 0 Å². The molecule has 1 unspecified atom stereocenters. The molecule has 2 saturated heterocycles. The molecule has 1 atom stereocenters. The minimum absolute atomic E-state index is 0.101. The number of rotatable bonds is 15. The highest BCUT2D eigenvalue weighted by atomic mass is 16.7. The van der Waals surface area contributed by atoms with Gasteiger partial charge < -0.3 is 45.4 Å². The quantitative estimate of drug-likeness (QED) is 0.0406. The molecule has 59 heavy (non-hydrogen) atoms. The lowest BCUT2D eigenvalue weighted by Gasteiger charge is -2.39. The molecule has 0 radical (unpaired) electrons. The maximum Gasteiger partial charge on any atom is 0.494 e. The molecule has 2 aliphatic heterocycles. The van der Waals surface area contributed by atoms with Crippen LogP contribution in [-0.2, 0) is 14.1 Å². The number of ketones is 1. The molecule has 3 heterocycles. The Morgan fingerprint density at radius 1 is 0.746 bits per heavy atom. The number of urea groups is 2. The first-order chi connectivity index (χ1) is 28.2. The molecule has 1 aromatic heterocycles. The molecule has 0 saturated carbocycles. The highest BCUT2D eigenvalue weighted by Gasteiger charge is 2.51. The van der Waals surface area contributed by atoms with Crippen LogP contribution in [0.1, 0.15) is 93.9 Å². The zero-order valence-electron chi connectivity index (χ0n) is 34.7. The van der Waals surface area contributed by atoms with Crippen LogP contribution in [0.15, 0.2) is 79.0 Å². The Bertz CT molecular complexity index is 2110. The van der Waals surface area contributed by atoms with Gasteiger partial charge in [-0.1, -0.05) is 68.1 Å². The van der Waals surface area contributed by atoms with Crippen LogP contribution in [0, 0.1) is 0 Å². The molecular formula is C44H56BN7O7. The molecule has 15 heteroatoms. The number of amides is 6. The molecule has 2 fully saturated rings. The van der Waals surface area contributed by atoms with Crippen LogP contribution in [0.5, 0.6) is 0 Å². The van der Waals surface area contributed by atoms with E-state index in [0.29, 0.717) is 54.0 Å². The number of carbonyl (C=O) groups excluding carboxylic acids is 5. The van der Waals surface area contributed by atoms with E-state index in [9.17, 15) is 24.0 Å². The molecule has 5 N–H and O–H groups in total. The Balaban J connectivity index is 0.841. The van der Waals surface area contributed by atoms with Gasteiger partial charge in [-0.25, -0.2) is 9.59 Å². The van der Waals surface area contributed by atoms with Crippen molar-refractivity contribution in [2.45, 2.75) is 90.4 Å². The first-order valence-corrected chi connectivity index (χ1v) is 20.6. The van der Waals surface area contributed by atoms with Crippen molar-refractivity contribution >= 4 is 64.5 Å². The summed E-state index contributed by atoms with van der Waals surface area (Å²) in [4.78, 5) is 71.3. The highest BCUT2D eigenvalue weighted by molar-refractivity contribution is 6.62. The van der Waals surface area contributed by atoms with Gasteiger partial charge in [-0.3, -0.25) is 14.4 Å². The van der Waals surface area contributed by atoms with E-state index in [2.05, 4.69) is 26.3 Å². The van der Waals surface area contributed by atoms with Crippen LogP contribution < -0.4 is 26.7 Å². The van der Waals surface area contributed by atoms with Crippen LogP contribution in [0.2, 0.25) is 0 Å². The van der Waals surface area contributed by atoms with Crippen molar-refractivity contribution < 1.29 is 33.3 Å². The largest absolute Gasteiger partial charge is 0.494 e. The number of nitrogens with zero attached hydrogens (tertiary/aromatic N) is 2. The summed E-state index contributed by atoms with van der Waals surface area (Å²) in [5.41, 5.74) is 2.61. The van der Waals surface area contributed by atoms with Gasteiger partial charge in [-0.15, -0.1) is 0 Å². The van der Waals surface area contributed by atoms with E-state index in [0.717, 1.165) is 44.0 Å². The average molecular weight is 806 g/mol. The molecule has 6 amide bonds. The van der Waals surface area contributed by atoms with Gasteiger partial charge in [-0.05, 0) is 83.3 Å². The predicted molar refractivity (Wildman–Crippen MR) is 230 cm³/mol. The number of anilines is 2. The van der Waals surface area contributed by atoms with Crippen molar-refractivity contribution in [2.24, 2.45) is 0 Å². The molecule has 14 nitrogen and oxygen atoms in total. The summed E-state index contributed by atoms with van der Waals surface area (Å²) in [6, 6.07) is 20.8. The summed E-state index contributed by atoms with van der Waals surface area (Å²) in [6.07, 6.45) is 7.18. The minimum Gasteiger partial charge on any atom is -0.399 e. The number of para-hydroxylation sites is 1. The fraction of sp³-hybridized carbons (Fsp3) is 0.432. The van der Waals surface area contributed by atoms with Crippen molar-refractivity contribution in [2.75, 3.05) is 43.4 Å². The van der Waals surface area contributed by atoms with Gasteiger partial charge in [0.25, 0.3) is 17.6 Å². The maximum absolute atomic E-state index is 13.5. The molecule has 6 rings (SSSR count). The zero-order valence-corrected chi connectivity index (χ0v) is 34.7. The lowest BCUT2D eigenvalue weighted by Crippen LogP contribution is -2.56. The number of hydrogen-bond donors (Lipinski definition) is 5. The van der Waals surface area contributed by atoms with Gasteiger partial charge >= 0.3 is 19.2 Å². The smallest absolute Gasteiger partial charge is 0.399 e. The van der Waals surface area contributed by atoms with Gasteiger partial charge in [-0.2, -0.15) is 0 Å².